The summed E-state index contributed by atoms with van der Waals surface area (Å²) in [5, 5.41) is 7.00. The van der Waals surface area contributed by atoms with Crippen LogP contribution in [0.2, 0.25) is 0 Å². The van der Waals surface area contributed by atoms with Gasteiger partial charge in [0.25, 0.3) is 5.91 Å². The van der Waals surface area contributed by atoms with Crippen molar-refractivity contribution in [3.63, 3.8) is 0 Å². The second-order valence-electron chi connectivity index (χ2n) is 6.47. The number of nitrogens with zero attached hydrogens (tertiary/aromatic N) is 4. The molecule has 2 heterocycles. The van der Waals surface area contributed by atoms with E-state index in [1.165, 1.54) is 17.0 Å². The molecule has 1 unspecified atom stereocenters. The molecule has 1 saturated heterocycles. The second kappa shape index (κ2) is 8.17. The van der Waals surface area contributed by atoms with Gasteiger partial charge in [-0.1, -0.05) is 6.07 Å². The predicted molar refractivity (Wildman–Crippen MR) is 95.8 cm³/mol. The Labute approximate surface area is 156 Å². The summed E-state index contributed by atoms with van der Waals surface area (Å²) in [5.41, 5.74) is 1.38. The highest BCUT2D eigenvalue weighted by Crippen LogP contribution is 2.11. The van der Waals surface area contributed by atoms with Gasteiger partial charge in [0.1, 0.15) is 5.82 Å². The molecule has 144 valence electrons. The first-order valence-corrected chi connectivity index (χ1v) is 8.59. The molecule has 0 bridgehead atoms. The van der Waals surface area contributed by atoms with Gasteiger partial charge in [-0.15, -0.1) is 0 Å². The maximum atomic E-state index is 13.3. The van der Waals surface area contributed by atoms with E-state index in [-0.39, 0.29) is 30.8 Å². The van der Waals surface area contributed by atoms with Crippen molar-refractivity contribution in [2.24, 2.45) is 0 Å². The maximum absolute atomic E-state index is 13.3. The van der Waals surface area contributed by atoms with Gasteiger partial charge in [0.2, 0.25) is 0 Å². The van der Waals surface area contributed by atoms with Crippen LogP contribution < -0.4 is 5.32 Å². The van der Waals surface area contributed by atoms with Crippen LogP contribution in [0.3, 0.4) is 0 Å². The van der Waals surface area contributed by atoms with Gasteiger partial charge in [0.05, 0.1) is 25.0 Å². The molecule has 1 N–H and O–H groups in total. The van der Waals surface area contributed by atoms with Gasteiger partial charge in [-0.05, 0) is 18.2 Å². The molecule has 1 aromatic heterocycles. The summed E-state index contributed by atoms with van der Waals surface area (Å²) in [4.78, 5) is 27.4. The largest absolute Gasteiger partial charge is 0.365 e. The lowest BCUT2D eigenvalue weighted by Crippen LogP contribution is -2.53. The number of urea groups is 1. The van der Waals surface area contributed by atoms with Gasteiger partial charge in [0, 0.05) is 38.9 Å². The zero-order chi connectivity index (χ0) is 19.4. The number of amides is 3. The van der Waals surface area contributed by atoms with E-state index in [1.54, 1.807) is 48.2 Å². The number of aromatic nitrogens is 2. The number of benzene rings is 1. The topological polar surface area (TPSA) is 79.7 Å². The Morgan fingerprint density at radius 3 is 2.96 bits per heavy atom. The molecule has 3 rings (SSSR count). The number of hydrogen-bond acceptors (Lipinski definition) is 4. The van der Waals surface area contributed by atoms with E-state index in [0.717, 1.165) is 5.56 Å². The lowest BCUT2D eigenvalue weighted by molar-refractivity contribution is -0.145. The number of hydrogen-bond donors (Lipinski definition) is 1. The number of carbonyl (C=O) groups excluding carboxylic acids is 2. The van der Waals surface area contributed by atoms with Crippen LogP contribution in [-0.4, -0.2) is 71.4 Å². The van der Waals surface area contributed by atoms with Crippen LogP contribution in [0.15, 0.2) is 36.7 Å². The first kappa shape index (κ1) is 18.8. The molecule has 0 radical (unpaired) electrons. The Morgan fingerprint density at radius 1 is 1.41 bits per heavy atom. The van der Waals surface area contributed by atoms with Crippen molar-refractivity contribution >= 4 is 11.9 Å². The van der Waals surface area contributed by atoms with Gasteiger partial charge in [-0.3, -0.25) is 4.79 Å². The Hall–Kier alpha value is -2.94. The zero-order valence-electron chi connectivity index (χ0n) is 15.3. The summed E-state index contributed by atoms with van der Waals surface area (Å²) in [6.07, 6.45) is 2.70. The van der Waals surface area contributed by atoms with Gasteiger partial charge in [0.15, 0.2) is 6.10 Å². The van der Waals surface area contributed by atoms with Gasteiger partial charge in [-0.25, -0.2) is 13.9 Å². The van der Waals surface area contributed by atoms with Gasteiger partial charge < -0.3 is 19.9 Å². The van der Waals surface area contributed by atoms with Crippen LogP contribution in [-0.2, 0) is 16.1 Å². The van der Waals surface area contributed by atoms with Crippen LogP contribution in [0.5, 0.6) is 0 Å². The Bertz CT molecular complexity index is 823. The van der Waals surface area contributed by atoms with E-state index in [1.807, 2.05) is 0 Å². The molecule has 1 fully saturated rings. The normalized spacial score (nSPS) is 16.9. The number of morpholine rings is 1. The predicted octanol–water partition coefficient (Wildman–Crippen LogP) is 1.01. The standard InChI is InChI=1S/C18H22FN5O3/c1-22(2)17(25)16-12-23(6-7-27-16)18(26)20-9-13-10-21-24(11-13)15-5-3-4-14(19)8-15/h3-5,8,10-11,16H,6-7,9,12H2,1-2H3,(H,20,26). The summed E-state index contributed by atoms with van der Waals surface area (Å²) < 4.78 is 20.3. The molecule has 9 heteroatoms. The molecule has 27 heavy (non-hydrogen) atoms. The minimum absolute atomic E-state index is 0.163. The van der Waals surface area contributed by atoms with Crippen LogP contribution in [0.25, 0.3) is 5.69 Å². The van der Waals surface area contributed by atoms with Crippen molar-refractivity contribution < 1.29 is 18.7 Å². The van der Waals surface area contributed by atoms with Crippen molar-refractivity contribution in [1.29, 1.82) is 0 Å². The minimum Gasteiger partial charge on any atom is -0.365 e. The third kappa shape index (κ3) is 4.62. The van der Waals surface area contributed by atoms with Crippen LogP contribution in [0, 0.1) is 5.82 Å². The Morgan fingerprint density at radius 2 is 2.22 bits per heavy atom. The summed E-state index contributed by atoms with van der Waals surface area (Å²) >= 11 is 0. The van der Waals surface area contributed by atoms with Crippen molar-refractivity contribution in [1.82, 2.24) is 24.9 Å². The van der Waals surface area contributed by atoms with E-state index < -0.39 is 6.10 Å². The fourth-order valence-electron chi connectivity index (χ4n) is 2.77. The molecule has 0 aliphatic carbocycles. The lowest BCUT2D eigenvalue weighted by Gasteiger charge is -2.33. The monoisotopic (exact) mass is 375 g/mol. The number of rotatable bonds is 4. The van der Waals surface area contributed by atoms with E-state index in [2.05, 4.69) is 10.4 Å². The highest BCUT2D eigenvalue weighted by Gasteiger charge is 2.30. The fraction of sp³-hybridized carbons (Fsp3) is 0.389. The quantitative estimate of drug-likeness (QED) is 0.865. The van der Waals surface area contributed by atoms with Crippen molar-refractivity contribution in [2.75, 3.05) is 33.8 Å². The number of carbonyl (C=O) groups is 2. The first-order valence-electron chi connectivity index (χ1n) is 8.59. The molecular weight excluding hydrogens is 353 g/mol. The first-order chi connectivity index (χ1) is 12.9. The van der Waals surface area contributed by atoms with E-state index >= 15 is 0 Å². The lowest BCUT2D eigenvalue weighted by atomic mass is 10.2. The number of halogens is 1. The van der Waals surface area contributed by atoms with Crippen molar-refractivity contribution in [3.8, 4) is 5.69 Å². The highest BCUT2D eigenvalue weighted by atomic mass is 19.1. The molecule has 1 aromatic carbocycles. The molecule has 8 nitrogen and oxygen atoms in total. The van der Waals surface area contributed by atoms with Crippen molar-refractivity contribution in [2.45, 2.75) is 12.6 Å². The average Bonchev–Trinajstić information content (AvgIpc) is 3.14. The average molecular weight is 375 g/mol. The molecule has 0 spiro atoms. The van der Waals surface area contributed by atoms with E-state index in [4.69, 9.17) is 4.74 Å². The third-order valence-electron chi connectivity index (χ3n) is 4.22. The summed E-state index contributed by atoms with van der Waals surface area (Å²) in [6.45, 7) is 1.23. The van der Waals surface area contributed by atoms with Crippen molar-refractivity contribution in [3.05, 3.63) is 48.0 Å². The molecule has 2 aromatic rings. The third-order valence-corrected chi connectivity index (χ3v) is 4.22. The van der Waals surface area contributed by atoms with Gasteiger partial charge >= 0.3 is 6.03 Å². The maximum Gasteiger partial charge on any atom is 0.317 e. The van der Waals surface area contributed by atoms with Crippen LogP contribution in [0.4, 0.5) is 9.18 Å². The summed E-state index contributed by atoms with van der Waals surface area (Å²) in [5.74, 6) is -0.504. The molecule has 1 atom stereocenters. The smallest absolute Gasteiger partial charge is 0.317 e. The minimum atomic E-state index is -0.643. The van der Waals surface area contributed by atoms with Gasteiger partial charge in [-0.2, -0.15) is 5.10 Å². The van der Waals surface area contributed by atoms with Crippen LogP contribution >= 0.6 is 0 Å². The highest BCUT2D eigenvalue weighted by molar-refractivity contribution is 5.82. The number of nitrogens with one attached hydrogen (secondary N) is 1. The molecule has 1 aliphatic heterocycles. The van der Waals surface area contributed by atoms with E-state index in [9.17, 15) is 14.0 Å². The number of likely N-dealkylation sites (N-methyl/N-ethyl adjacent to an activating group) is 1. The summed E-state index contributed by atoms with van der Waals surface area (Å²) in [7, 11) is 3.31. The molecule has 1 aliphatic rings. The fourth-order valence-corrected chi connectivity index (χ4v) is 2.77. The molecule has 0 saturated carbocycles. The number of ether oxygens (including phenoxy) is 1. The second-order valence-corrected chi connectivity index (χ2v) is 6.47. The Kier molecular flexibility index (Phi) is 5.70. The zero-order valence-corrected chi connectivity index (χ0v) is 15.3. The molecule has 3 amide bonds. The summed E-state index contributed by atoms with van der Waals surface area (Å²) in [6, 6.07) is 5.83. The Balaban J connectivity index is 1.55. The van der Waals surface area contributed by atoms with E-state index in [0.29, 0.717) is 18.8 Å². The SMILES string of the molecule is CN(C)C(=O)C1CN(C(=O)NCc2cnn(-c3cccc(F)c3)c2)CCO1. The van der Waals surface area contributed by atoms with Crippen LogP contribution in [0.1, 0.15) is 5.56 Å². The molecular formula is C18H22FN5O3.